The number of aryl methyl sites for hydroxylation is 3. The summed E-state index contributed by atoms with van der Waals surface area (Å²) in [6, 6.07) is 4.72. The van der Waals surface area contributed by atoms with Crippen LogP contribution in [0.3, 0.4) is 0 Å². The van der Waals surface area contributed by atoms with Gasteiger partial charge in [0.05, 0.1) is 17.4 Å². The third kappa shape index (κ3) is 3.64. The minimum atomic E-state index is -3.81. The van der Waals surface area contributed by atoms with Gasteiger partial charge in [0, 0.05) is 25.5 Å². The van der Waals surface area contributed by atoms with Gasteiger partial charge in [0.1, 0.15) is 10.7 Å². The Morgan fingerprint density at radius 1 is 1.37 bits per heavy atom. The summed E-state index contributed by atoms with van der Waals surface area (Å²) in [5, 5.41) is 6.68. The van der Waals surface area contributed by atoms with Crippen molar-refractivity contribution in [1.29, 1.82) is 0 Å². The van der Waals surface area contributed by atoms with Crippen molar-refractivity contribution in [2.24, 2.45) is 0 Å². The molecule has 0 saturated carbocycles. The van der Waals surface area contributed by atoms with E-state index in [4.69, 9.17) is 4.52 Å². The molecular weight excluding hydrogens is 366 g/mol. The van der Waals surface area contributed by atoms with Crippen LogP contribution >= 0.6 is 0 Å². The van der Waals surface area contributed by atoms with Crippen molar-refractivity contribution in [2.75, 3.05) is 11.9 Å². The Labute approximate surface area is 159 Å². The van der Waals surface area contributed by atoms with Gasteiger partial charge in [0.25, 0.3) is 0 Å². The lowest BCUT2D eigenvalue weighted by molar-refractivity contribution is -0.114. The summed E-state index contributed by atoms with van der Waals surface area (Å²) >= 11 is 0. The first-order valence-corrected chi connectivity index (χ1v) is 10.5. The fraction of sp³-hybridized carbons (Fsp3) is 0.474. The topological polar surface area (TPSA) is 92.5 Å². The van der Waals surface area contributed by atoms with Crippen molar-refractivity contribution in [3.8, 4) is 0 Å². The lowest BCUT2D eigenvalue weighted by Gasteiger charge is -2.25. The van der Waals surface area contributed by atoms with E-state index < -0.39 is 10.0 Å². The van der Waals surface area contributed by atoms with Crippen molar-refractivity contribution >= 4 is 21.6 Å². The molecule has 0 spiro atoms. The third-order valence-corrected chi connectivity index (χ3v) is 6.82. The van der Waals surface area contributed by atoms with Crippen molar-refractivity contribution in [1.82, 2.24) is 9.46 Å². The number of hydrogen-bond acceptors (Lipinski definition) is 5. The minimum Gasteiger partial charge on any atom is -0.361 e. The molecule has 1 saturated heterocycles. The highest BCUT2D eigenvalue weighted by molar-refractivity contribution is 7.89. The minimum absolute atomic E-state index is 0.122. The van der Waals surface area contributed by atoms with Crippen LogP contribution in [0.15, 0.2) is 27.6 Å². The molecule has 0 aliphatic carbocycles. The fourth-order valence-corrected chi connectivity index (χ4v) is 5.58. The van der Waals surface area contributed by atoms with Crippen LogP contribution in [-0.2, 0) is 21.2 Å². The lowest BCUT2D eigenvalue weighted by Crippen LogP contribution is -2.32. The van der Waals surface area contributed by atoms with Gasteiger partial charge in [-0.1, -0.05) is 18.1 Å². The molecule has 1 aromatic carbocycles. The standard InChI is InChI=1S/C19H25N3O4S/c1-5-17-19(13(3)21-26-17)16-7-6-10-22(16)27(24,25)18-11-12(2)8-9-15(18)20-14(4)23/h8-9,11,16H,5-7,10H2,1-4H3,(H,20,23). The second-order valence-corrected chi connectivity index (χ2v) is 8.77. The maximum Gasteiger partial charge on any atom is 0.245 e. The van der Waals surface area contributed by atoms with E-state index in [0.29, 0.717) is 18.7 Å². The first kappa shape index (κ1) is 19.6. The highest BCUT2D eigenvalue weighted by atomic mass is 32.2. The Morgan fingerprint density at radius 2 is 2.11 bits per heavy atom. The van der Waals surface area contributed by atoms with Crippen molar-refractivity contribution in [3.05, 3.63) is 40.8 Å². The molecule has 1 N–H and O–H groups in total. The van der Waals surface area contributed by atoms with E-state index in [2.05, 4.69) is 10.5 Å². The van der Waals surface area contributed by atoms with Crippen molar-refractivity contribution in [2.45, 2.75) is 57.9 Å². The lowest BCUT2D eigenvalue weighted by atomic mass is 10.0. The molecule has 8 heteroatoms. The normalized spacial score (nSPS) is 18.0. The first-order valence-electron chi connectivity index (χ1n) is 9.10. The molecule has 7 nitrogen and oxygen atoms in total. The van der Waals surface area contributed by atoms with Crippen LogP contribution in [0.1, 0.15) is 55.3 Å². The van der Waals surface area contributed by atoms with Gasteiger partial charge in [-0.3, -0.25) is 4.79 Å². The molecule has 3 rings (SSSR count). The molecule has 1 amide bonds. The van der Waals surface area contributed by atoms with Gasteiger partial charge >= 0.3 is 0 Å². The maximum absolute atomic E-state index is 13.5. The van der Waals surface area contributed by atoms with Gasteiger partial charge in [-0.25, -0.2) is 8.42 Å². The van der Waals surface area contributed by atoms with E-state index in [1.165, 1.54) is 11.2 Å². The molecule has 0 radical (unpaired) electrons. The third-order valence-electron chi connectivity index (χ3n) is 4.88. The summed E-state index contributed by atoms with van der Waals surface area (Å²) in [5.74, 6) is 0.419. The fourth-order valence-electron chi connectivity index (χ4n) is 3.68. The van der Waals surface area contributed by atoms with E-state index in [1.807, 2.05) is 20.8 Å². The Hall–Kier alpha value is -2.19. The number of aromatic nitrogens is 1. The monoisotopic (exact) mass is 391 g/mol. The second-order valence-electron chi connectivity index (χ2n) is 6.91. The Balaban J connectivity index is 2.08. The zero-order chi connectivity index (χ0) is 19.8. The average molecular weight is 391 g/mol. The molecule has 1 aliphatic heterocycles. The summed E-state index contributed by atoms with van der Waals surface area (Å²) in [6.07, 6.45) is 2.14. The summed E-state index contributed by atoms with van der Waals surface area (Å²) in [4.78, 5) is 11.7. The highest BCUT2D eigenvalue weighted by Crippen LogP contribution is 2.40. The van der Waals surface area contributed by atoms with Crippen LogP contribution in [0.5, 0.6) is 0 Å². The average Bonchev–Trinajstić information content (AvgIpc) is 3.22. The highest BCUT2D eigenvalue weighted by Gasteiger charge is 2.40. The Morgan fingerprint density at radius 3 is 2.78 bits per heavy atom. The van der Waals surface area contributed by atoms with Crippen LogP contribution < -0.4 is 5.32 Å². The molecule has 1 aliphatic rings. The Bertz CT molecular complexity index is 965. The number of anilines is 1. The number of sulfonamides is 1. The quantitative estimate of drug-likeness (QED) is 0.844. The van der Waals surface area contributed by atoms with E-state index in [1.54, 1.807) is 18.2 Å². The molecular formula is C19H25N3O4S. The molecule has 1 atom stereocenters. The van der Waals surface area contributed by atoms with Crippen LogP contribution in [0.4, 0.5) is 5.69 Å². The van der Waals surface area contributed by atoms with E-state index in [9.17, 15) is 13.2 Å². The zero-order valence-electron chi connectivity index (χ0n) is 16.1. The van der Waals surface area contributed by atoms with Gasteiger partial charge in [-0.15, -0.1) is 0 Å². The number of nitrogens with zero attached hydrogens (tertiary/aromatic N) is 2. The largest absolute Gasteiger partial charge is 0.361 e. The Kier molecular flexibility index (Phi) is 5.39. The van der Waals surface area contributed by atoms with E-state index in [0.717, 1.165) is 35.4 Å². The van der Waals surface area contributed by atoms with Gasteiger partial charge in [0.15, 0.2) is 0 Å². The first-order chi connectivity index (χ1) is 12.8. The molecule has 1 fully saturated rings. The summed E-state index contributed by atoms with van der Waals surface area (Å²) in [5.41, 5.74) is 2.71. The number of nitrogens with one attached hydrogen (secondary N) is 1. The molecule has 1 aromatic heterocycles. The number of carbonyl (C=O) groups excluding carboxylic acids is 1. The maximum atomic E-state index is 13.5. The number of rotatable bonds is 5. The van der Waals surface area contributed by atoms with Crippen LogP contribution in [-0.4, -0.2) is 30.3 Å². The smallest absolute Gasteiger partial charge is 0.245 e. The van der Waals surface area contributed by atoms with Gasteiger partial charge in [0.2, 0.25) is 15.9 Å². The predicted octanol–water partition coefficient (Wildman–Crippen LogP) is 3.34. The SMILES string of the molecule is CCc1onc(C)c1C1CCCN1S(=O)(=O)c1cc(C)ccc1NC(C)=O. The summed E-state index contributed by atoms with van der Waals surface area (Å²) in [6.45, 7) is 7.43. The van der Waals surface area contributed by atoms with Gasteiger partial charge in [-0.2, -0.15) is 4.31 Å². The van der Waals surface area contributed by atoms with Crippen LogP contribution in [0.2, 0.25) is 0 Å². The number of amides is 1. The van der Waals surface area contributed by atoms with Gasteiger partial charge < -0.3 is 9.84 Å². The summed E-state index contributed by atoms with van der Waals surface area (Å²) < 4.78 is 34.0. The molecule has 2 heterocycles. The van der Waals surface area contributed by atoms with E-state index in [-0.39, 0.29) is 16.8 Å². The van der Waals surface area contributed by atoms with E-state index >= 15 is 0 Å². The van der Waals surface area contributed by atoms with Crippen LogP contribution in [0.25, 0.3) is 0 Å². The van der Waals surface area contributed by atoms with Crippen LogP contribution in [0, 0.1) is 13.8 Å². The molecule has 27 heavy (non-hydrogen) atoms. The number of benzene rings is 1. The van der Waals surface area contributed by atoms with Crippen molar-refractivity contribution < 1.29 is 17.7 Å². The molecule has 2 aromatic rings. The zero-order valence-corrected chi connectivity index (χ0v) is 16.9. The molecule has 146 valence electrons. The predicted molar refractivity (Wildman–Crippen MR) is 102 cm³/mol. The van der Waals surface area contributed by atoms with Crippen molar-refractivity contribution in [3.63, 3.8) is 0 Å². The number of carbonyl (C=O) groups is 1. The molecule has 1 unspecified atom stereocenters. The second kappa shape index (κ2) is 7.44. The van der Waals surface area contributed by atoms with Gasteiger partial charge in [-0.05, 0) is 44.4 Å². The summed E-state index contributed by atoms with van der Waals surface area (Å²) in [7, 11) is -3.81. The molecule has 0 bridgehead atoms. The number of hydrogen-bond donors (Lipinski definition) is 1.